The van der Waals surface area contributed by atoms with Crippen molar-refractivity contribution in [2.24, 2.45) is 0 Å². The molecule has 0 saturated carbocycles. The van der Waals surface area contributed by atoms with Crippen LogP contribution in [0.5, 0.6) is 0 Å². The van der Waals surface area contributed by atoms with E-state index in [2.05, 4.69) is 26.1 Å². The van der Waals surface area contributed by atoms with Crippen molar-refractivity contribution < 1.29 is 13.2 Å². The van der Waals surface area contributed by atoms with Gasteiger partial charge in [0.05, 0.1) is 11.9 Å². The summed E-state index contributed by atoms with van der Waals surface area (Å²) in [5, 5.41) is 2.82. The molecule has 140 valence electrons. The van der Waals surface area contributed by atoms with Crippen LogP contribution in [0.4, 0.5) is 5.69 Å². The van der Waals surface area contributed by atoms with E-state index >= 15 is 0 Å². The fourth-order valence-electron chi connectivity index (χ4n) is 2.91. The summed E-state index contributed by atoms with van der Waals surface area (Å²) >= 11 is 3.32. The van der Waals surface area contributed by atoms with Crippen molar-refractivity contribution in [3.63, 3.8) is 0 Å². The van der Waals surface area contributed by atoms with E-state index in [4.69, 9.17) is 0 Å². The number of hydrogen-bond donors (Lipinski definition) is 1. The third-order valence-electron chi connectivity index (χ3n) is 4.22. The predicted octanol–water partition coefficient (Wildman–Crippen LogP) is 2.21. The highest BCUT2D eigenvalue weighted by molar-refractivity contribution is 9.10. The summed E-state index contributed by atoms with van der Waals surface area (Å²) in [7, 11) is -3.52. The molecule has 6 nitrogen and oxygen atoms in total. The van der Waals surface area contributed by atoms with Crippen molar-refractivity contribution in [2.75, 3.05) is 43.3 Å². The van der Waals surface area contributed by atoms with Gasteiger partial charge in [-0.1, -0.05) is 22.4 Å². The Morgan fingerprint density at radius 1 is 1.20 bits per heavy atom. The number of rotatable bonds is 8. The number of likely N-dealkylation sites (tertiary alicyclic amines) is 1. The number of nitrogens with zero attached hydrogens (tertiary/aromatic N) is 2. The van der Waals surface area contributed by atoms with E-state index in [9.17, 15) is 13.2 Å². The normalized spacial score (nSPS) is 15.8. The van der Waals surface area contributed by atoms with Gasteiger partial charge in [-0.25, -0.2) is 8.42 Å². The van der Waals surface area contributed by atoms with E-state index in [1.807, 2.05) is 0 Å². The first-order valence-electron chi connectivity index (χ1n) is 8.58. The van der Waals surface area contributed by atoms with Crippen molar-refractivity contribution >= 4 is 37.5 Å². The quantitative estimate of drug-likeness (QED) is 0.640. The Morgan fingerprint density at radius 2 is 1.84 bits per heavy atom. The van der Waals surface area contributed by atoms with Crippen LogP contribution in [0.15, 0.2) is 28.7 Å². The van der Waals surface area contributed by atoms with E-state index in [1.165, 1.54) is 19.3 Å². The molecule has 1 fully saturated rings. The Bertz CT molecular complexity index is 658. The maximum atomic E-state index is 12.2. The van der Waals surface area contributed by atoms with Crippen LogP contribution >= 0.6 is 15.9 Å². The largest absolute Gasteiger partial charge is 0.354 e. The van der Waals surface area contributed by atoms with E-state index in [0.29, 0.717) is 12.2 Å². The van der Waals surface area contributed by atoms with Crippen LogP contribution in [-0.2, 0) is 14.8 Å². The standard InChI is InChI=1S/C17H26BrN3O3S/c1-25(23,24)21(16-8-6-15(18)7-9-16)14-17(22)19-10-5-13-20-11-3-2-4-12-20/h6-9H,2-5,10-14H2,1H3,(H,19,22). The molecule has 0 aliphatic carbocycles. The molecule has 1 N–H and O–H groups in total. The lowest BCUT2D eigenvalue weighted by molar-refractivity contribution is -0.119. The first kappa shape index (κ1) is 20.2. The van der Waals surface area contributed by atoms with Gasteiger partial charge in [0, 0.05) is 11.0 Å². The van der Waals surface area contributed by atoms with Gasteiger partial charge in [-0.15, -0.1) is 0 Å². The van der Waals surface area contributed by atoms with Crippen molar-refractivity contribution in [1.29, 1.82) is 0 Å². The molecule has 0 unspecified atom stereocenters. The molecule has 0 spiro atoms. The number of carbonyl (C=O) groups is 1. The third kappa shape index (κ3) is 6.95. The lowest BCUT2D eigenvalue weighted by atomic mass is 10.1. The summed E-state index contributed by atoms with van der Waals surface area (Å²) in [5.74, 6) is -0.285. The van der Waals surface area contributed by atoms with E-state index in [0.717, 1.165) is 41.1 Å². The summed E-state index contributed by atoms with van der Waals surface area (Å²) in [6.07, 6.45) is 5.80. The molecule has 0 atom stereocenters. The second-order valence-corrected chi connectivity index (χ2v) is 9.17. The number of carbonyl (C=O) groups excluding carboxylic acids is 1. The van der Waals surface area contributed by atoms with Gasteiger partial charge >= 0.3 is 0 Å². The lowest BCUT2D eigenvalue weighted by Gasteiger charge is -2.26. The molecule has 2 rings (SSSR count). The summed E-state index contributed by atoms with van der Waals surface area (Å²) in [6, 6.07) is 6.86. The topological polar surface area (TPSA) is 69.7 Å². The van der Waals surface area contributed by atoms with Crippen LogP contribution < -0.4 is 9.62 Å². The van der Waals surface area contributed by atoms with Gasteiger partial charge in [-0.05, 0) is 63.2 Å². The molecular formula is C17H26BrN3O3S. The molecule has 0 aromatic heterocycles. The average Bonchev–Trinajstić information content (AvgIpc) is 2.57. The number of amides is 1. The number of piperidine rings is 1. The molecule has 8 heteroatoms. The number of sulfonamides is 1. The lowest BCUT2D eigenvalue weighted by Crippen LogP contribution is -2.41. The number of benzene rings is 1. The van der Waals surface area contributed by atoms with Gasteiger partial charge in [0.2, 0.25) is 15.9 Å². The van der Waals surface area contributed by atoms with Crippen molar-refractivity contribution in [3.05, 3.63) is 28.7 Å². The molecule has 1 saturated heterocycles. The Hall–Kier alpha value is -1.12. The highest BCUT2D eigenvalue weighted by Crippen LogP contribution is 2.20. The summed E-state index contributed by atoms with van der Waals surface area (Å²) in [6.45, 7) is 3.61. The molecule has 0 radical (unpaired) electrons. The molecule has 1 aliphatic rings. The monoisotopic (exact) mass is 431 g/mol. The number of halogens is 1. The highest BCUT2D eigenvalue weighted by atomic mass is 79.9. The molecule has 1 aliphatic heterocycles. The molecule has 1 aromatic carbocycles. The molecule has 1 heterocycles. The van der Waals surface area contributed by atoms with Gasteiger partial charge in [0.1, 0.15) is 6.54 Å². The minimum absolute atomic E-state index is 0.204. The zero-order chi connectivity index (χ0) is 18.3. The van der Waals surface area contributed by atoms with Gasteiger partial charge < -0.3 is 10.2 Å². The molecule has 25 heavy (non-hydrogen) atoms. The minimum atomic E-state index is -3.52. The summed E-state index contributed by atoms with van der Waals surface area (Å²) < 4.78 is 26.0. The number of anilines is 1. The fraction of sp³-hybridized carbons (Fsp3) is 0.588. The third-order valence-corrected chi connectivity index (χ3v) is 5.89. The van der Waals surface area contributed by atoms with Gasteiger partial charge in [-0.2, -0.15) is 0 Å². The van der Waals surface area contributed by atoms with Gasteiger partial charge in [0.15, 0.2) is 0 Å². The van der Waals surface area contributed by atoms with E-state index in [1.54, 1.807) is 24.3 Å². The first-order valence-corrected chi connectivity index (χ1v) is 11.2. The van der Waals surface area contributed by atoms with Gasteiger partial charge in [-0.3, -0.25) is 9.10 Å². The van der Waals surface area contributed by atoms with Gasteiger partial charge in [0.25, 0.3) is 0 Å². The highest BCUT2D eigenvalue weighted by Gasteiger charge is 2.20. The second kappa shape index (κ2) is 9.54. The number of hydrogen-bond acceptors (Lipinski definition) is 4. The summed E-state index contributed by atoms with van der Waals surface area (Å²) in [5.41, 5.74) is 0.481. The fourth-order valence-corrected chi connectivity index (χ4v) is 4.03. The Balaban J connectivity index is 1.82. The maximum absolute atomic E-state index is 12.2. The zero-order valence-corrected chi connectivity index (χ0v) is 17.0. The molecule has 1 aromatic rings. The van der Waals surface area contributed by atoms with E-state index in [-0.39, 0.29) is 12.5 Å². The van der Waals surface area contributed by atoms with Crippen LogP contribution in [0, 0.1) is 0 Å². The predicted molar refractivity (Wildman–Crippen MR) is 104 cm³/mol. The zero-order valence-electron chi connectivity index (χ0n) is 14.6. The van der Waals surface area contributed by atoms with Crippen LogP contribution in [-0.4, -0.2) is 58.2 Å². The molecule has 0 bridgehead atoms. The van der Waals surface area contributed by atoms with Crippen LogP contribution in [0.2, 0.25) is 0 Å². The number of nitrogens with one attached hydrogen (secondary N) is 1. The van der Waals surface area contributed by atoms with Crippen LogP contribution in [0.1, 0.15) is 25.7 Å². The first-order chi connectivity index (χ1) is 11.9. The Morgan fingerprint density at radius 3 is 2.44 bits per heavy atom. The Kier molecular flexibility index (Phi) is 7.71. The van der Waals surface area contributed by atoms with Crippen molar-refractivity contribution in [3.8, 4) is 0 Å². The average molecular weight is 432 g/mol. The maximum Gasteiger partial charge on any atom is 0.240 e. The summed E-state index contributed by atoms with van der Waals surface area (Å²) in [4.78, 5) is 14.6. The smallest absolute Gasteiger partial charge is 0.240 e. The van der Waals surface area contributed by atoms with Crippen LogP contribution in [0.25, 0.3) is 0 Å². The van der Waals surface area contributed by atoms with Crippen molar-refractivity contribution in [1.82, 2.24) is 10.2 Å². The second-order valence-electron chi connectivity index (χ2n) is 6.35. The van der Waals surface area contributed by atoms with E-state index < -0.39 is 10.0 Å². The van der Waals surface area contributed by atoms with Crippen LogP contribution in [0.3, 0.4) is 0 Å². The Labute approximate surface area is 158 Å². The minimum Gasteiger partial charge on any atom is -0.354 e. The van der Waals surface area contributed by atoms with Crippen molar-refractivity contribution in [2.45, 2.75) is 25.7 Å². The SMILES string of the molecule is CS(=O)(=O)N(CC(=O)NCCCN1CCCCC1)c1ccc(Br)cc1. The molecular weight excluding hydrogens is 406 g/mol. The molecule has 1 amide bonds.